The second-order valence-electron chi connectivity index (χ2n) is 4.79. The summed E-state index contributed by atoms with van der Waals surface area (Å²) in [5.74, 6) is -1.10. The molecule has 0 bridgehead atoms. The number of amides is 1. The number of halogens is 1. The first-order valence-corrected chi connectivity index (χ1v) is 7.96. The standard InChI is InChI=1S/C15H12ClNO4S/c16-11-4-2-1-3-10(11)13(18)17-12(15(19)20)8-22-14(17)9-5-6-21-7-9/h1-7,12,14H,8H2,(H,19,20). The highest BCUT2D eigenvalue weighted by Crippen LogP contribution is 2.42. The van der Waals surface area contributed by atoms with E-state index in [1.165, 1.54) is 29.2 Å². The maximum Gasteiger partial charge on any atom is 0.327 e. The number of hydrogen-bond donors (Lipinski definition) is 1. The molecule has 1 N–H and O–H groups in total. The molecule has 22 heavy (non-hydrogen) atoms. The molecule has 1 saturated heterocycles. The van der Waals surface area contributed by atoms with Crippen molar-refractivity contribution in [3.63, 3.8) is 0 Å². The van der Waals surface area contributed by atoms with E-state index in [1.54, 1.807) is 30.3 Å². The summed E-state index contributed by atoms with van der Waals surface area (Å²) < 4.78 is 5.06. The first kappa shape index (κ1) is 15.0. The molecule has 2 atom stereocenters. The van der Waals surface area contributed by atoms with Crippen molar-refractivity contribution in [3.05, 3.63) is 59.0 Å². The van der Waals surface area contributed by atoms with Gasteiger partial charge in [0.05, 0.1) is 23.1 Å². The molecule has 2 heterocycles. The molecule has 0 spiro atoms. The third-order valence-corrected chi connectivity index (χ3v) is 5.11. The normalized spacial score (nSPS) is 21.0. The zero-order valence-corrected chi connectivity index (χ0v) is 12.9. The summed E-state index contributed by atoms with van der Waals surface area (Å²) in [6.45, 7) is 0. The zero-order valence-electron chi connectivity index (χ0n) is 11.3. The van der Waals surface area contributed by atoms with Gasteiger partial charge in [-0.25, -0.2) is 4.79 Å². The number of carbonyl (C=O) groups is 2. The van der Waals surface area contributed by atoms with E-state index in [4.69, 9.17) is 16.0 Å². The van der Waals surface area contributed by atoms with Gasteiger partial charge in [-0.15, -0.1) is 11.8 Å². The number of carboxylic acids is 1. The number of nitrogens with zero attached hydrogens (tertiary/aromatic N) is 1. The quantitative estimate of drug-likeness (QED) is 0.930. The minimum absolute atomic E-state index is 0.298. The second-order valence-corrected chi connectivity index (χ2v) is 6.31. The first-order valence-electron chi connectivity index (χ1n) is 6.53. The second kappa shape index (κ2) is 6.06. The lowest BCUT2D eigenvalue weighted by Crippen LogP contribution is -2.43. The van der Waals surface area contributed by atoms with Crippen LogP contribution in [-0.2, 0) is 4.79 Å². The summed E-state index contributed by atoms with van der Waals surface area (Å²) in [5, 5.41) is 9.31. The van der Waals surface area contributed by atoms with E-state index in [9.17, 15) is 14.7 Å². The van der Waals surface area contributed by atoms with Crippen LogP contribution in [0.3, 0.4) is 0 Å². The maximum atomic E-state index is 12.8. The summed E-state index contributed by atoms with van der Waals surface area (Å²) in [7, 11) is 0. The van der Waals surface area contributed by atoms with Gasteiger partial charge in [0.15, 0.2) is 0 Å². The Morgan fingerprint density at radius 3 is 2.73 bits per heavy atom. The number of hydrogen-bond acceptors (Lipinski definition) is 4. The molecule has 2 aromatic rings. The molecule has 1 aliphatic heterocycles. The van der Waals surface area contributed by atoms with Gasteiger partial charge in [0.2, 0.25) is 0 Å². The van der Waals surface area contributed by atoms with Gasteiger partial charge in [-0.05, 0) is 18.2 Å². The first-order chi connectivity index (χ1) is 10.6. The number of carbonyl (C=O) groups excluding carboxylic acids is 1. The van der Waals surface area contributed by atoms with Gasteiger partial charge < -0.3 is 14.4 Å². The summed E-state index contributed by atoms with van der Waals surface area (Å²) >= 11 is 7.47. The van der Waals surface area contributed by atoms with Crippen molar-refractivity contribution in [2.45, 2.75) is 11.4 Å². The lowest BCUT2D eigenvalue weighted by Gasteiger charge is -2.27. The molecule has 7 heteroatoms. The predicted molar refractivity (Wildman–Crippen MR) is 83.0 cm³/mol. The summed E-state index contributed by atoms with van der Waals surface area (Å²) in [5.41, 5.74) is 1.06. The van der Waals surface area contributed by atoms with E-state index in [-0.39, 0.29) is 0 Å². The van der Waals surface area contributed by atoms with Gasteiger partial charge in [-0.2, -0.15) is 0 Å². The number of benzene rings is 1. The Balaban J connectivity index is 2.00. The van der Waals surface area contributed by atoms with Crippen molar-refractivity contribution in [2.24, 2.45) is 0 Å². The van der Waals surface area contributed by atoms with Crippen LogP contribution in [0.2, 0.25) is 5.02 Å². The van der Waals surface area contributed by atoms with E-state index in [2.05, 4.69) is 0 Å². The highest BCUT2D eigenvalue weighted by Gasteiger charge is 2.43. The zero-order chi connectivity index (χ0) is 15.7. The van der Waals surface area contributed by atoms with Gasteiger partial charge in [0, 0.05) is 11.3 Å². The Morgan fingerprint density at radius 2 is 2.09 bits per heavy atom. The molecule has 114 valence electrons. The molecular formula is C15H12ClNO4S. The van der Waals surface area contributed by atoms with Crippen molar-refractivity contribution in [1.29, 1.82) is 0 Å². The SMILES string of the molecule is O=C(O)C1CSC(c2ccoc2)N1C(=O)c1ccccc1Cl. The average molecular weight is 338 g/mol. The van der Waals surface area contributed by atoms with Crippen molar-refractivity contribution in [2.75, 3.05) is 5.75 Å². The highest BCUT2D eigenvalue weighted by molar-refractivity contribution is 7.99. The van der Waals surface area contributed by atoms with Gasteiger partial charge in [-0.3, -0.25) is 4.79 Å². The monoisotopic (exact) mass is 337 g/mol. The molecule has 2 unspecified atom stereocenters. The third-order valence-electron chi connectivity index (χ3n) is 3.45. The lowest BCUT2D eigenvalue weighted by molar-refractivity contribution is -0.141. The summed E-state index contributed by atoms with van der Waals surface area (Å²) in [6.07, 6.45) is 3.02. The molecule has 1 amide bonds. The van der Waals surface area contributed by atoms with Crippen LogP contribution in [0.1, 0.15) is 21.3 Å². The fourth-order valence-electron chi connectivity index (χ4n) is 2.39. The Bertz CT molecular complexity index is 703. The molecular weight excluding hydrogens is 326 g/mol. The van der Waals surface area contributed by atoms with Crippen LogP contribution < -0.4 is 0 Å². The fraction of sp³-hybridized carbons (Fsp3) is 0.200. The van der Waals surface area contributed by atoms with Gasteiger partial charge in [0.1, 0.15) is 11.4 Å². The topological polar surface area (TPSA) is 70.8 Å². The number of rotatable bonds is 3. The van der Waals surface area contributed by atoms with Crippen molar-refractivity contribution < 1.29 is 19.1 Å². The maximum absolute atomic E-state index is 12.8. The van der Waals surface area contributed by atoms with Crippen LogP contribution in [-0.4, -0.2) is 33.7 Å². The van der Waals surface area contributed by atoms with E-state index in [0.717, 1.165) is 5.56 Å². The van der Waals surface area contributed by atoms with Crippen LogP contribution >= 0.6 is 23.4 Å². The number of aliphatic carboxylic acids is 1. The molecule has 1 fully saturated rings. The van der Waals surface area contributed by atoms with Crippen molar-refractivity contribution >= 4 is 35.2 Å². The highest BCUT2D eigenvalue weighted by atomic mass is 35.5. The van der Waals surface area contributed by atoms with E-state index >= 15 is 0 Å². The summed E-state index contributed by atoms with van der Waals surface area (Å²) in [4.78, 5) is 25.7. The molecule has 1 aliphatic rings. The smallest absolute Gasteiger partial charge is 0.327 e. The van der Waals surface area contributed by atoms with Gasteiger partial charge in [0.25, 0.3) is 5.91 Å². The Labute approximate surface area is 135 Å². The minimum Gasteiger partial charge on any atom is -0.480 e. The number of furan rings is 1. The molecule has 5 nitrogen and oxygen atoms in total. The Kier molecular flexibility index (Phi) is 4.13. The van der Waals surface area contributed by atoms with Crippen LogP contribution in [0.25, 0.3) is 0 Å². The average Bonchev–Trinajstić information content (AvgIpc) is 3.15. The van der Waals surface area contributed by atoms with Crippen LogP contribution in [0.15, 0.2) is 47.3 Å². The molecule has 0 saturated carbocycles. The van der Waals surface area contributed by atoms with Crippen molar-refractivity contribution in [1.82, 2.24) is 4.90 Å². The Hall–Kier alpha value is -1.92. The van der Waals surface area contributed by atoms with E-state index in [1.807, 2.05) is 0 Å². The fourth-order valence-corrected chi connectivity index (χ4v) is 4.00. The largest absolute Gasteiger partial charge is 0.480 e. The molecule has 1 aromatic heterocycles. The third kappa shape index (κ3) is 2.60. The van der Waals surface area contributed by atoms with E-state index in [0.29, 0.717) is 16.3 Å². The van der Waals surface area contributed by atoms with Gasteiger partial charge >= 0.3 is 5.97 Å². The molecule has 0 aliphatic carbocycles. The lowest BCUT2D eigenvalue weighted by atomic mass is 10.1. The number of carboxylic acid groups (broad SMARTS) is 1. The van der Waals surface area contributed by atoms with Gasteiger partial charge in [-0.1, -0.05) is 23.7 Å². The molecule has 0 radical (unpaired) electrons. The molecule has 3 rings (SSSR count). The summed E-state index contributed by atoms with van der Waals surface area (Å²) in [6, 6.07) is 7.47. The Morgan fingerprint density at radius 1 is 1.32 bits per heavy atom. The van der Waals surface area contributed by atoms with Crippen molar-refractivity contribution in [3.8, 4) is 0 Å². The van der Waals surface area contributed by atoms with E-state index < -0.39 is 23.3 Å². The number of thioether (sulfide) groups is 1. The van der Waals surface area contributed by atoms with Crippen LogP contribution in [0, 0.1) is 0 Å². The molecule has 1 aromatic carbocycles. The predicted octanol–water partition coefficient (Wildman–Crippen LogP) is 3.27. The minimum atomic E-state index is -1.03. The van der Waals surface area contributed by atoms with Crippen LogP contribution in [0.4, 0.5) is 0 Å². The van der Waals surface area contributed by atoms with Crippen LogP contribution in [0.5, 0.6) is 0 Å².